The van der Waals surface area contributed by atoms with Crippen LogP contribution in [0.25, 0.3) is 0 Å². The van der Waals surface area contributed by atoms with Crippen LogP contribution in [0, 0.1) is 20.8 Å². The normalized spacial score (nSPS) is 10.3. The van der Waals surface area contributed by atoms with E-state index in [0.717, 1.165) is 16.7 Å². The number of carbonyl (C=O) groups is 1. The highest BCUT2D eigenvalue weighted by atomic mass is 16.5. The first-order valence-corrected chi connectivity index (χ1v) is 5.93. The highest BCUT2D eigenvalue weighted by molar-refractivity contribution is 5.90. The SMILES string of the molecule is Cc1cc(C)c(Oc2ncccc2C(=O)O)c(C)c1. The third-order valence-electron chi connectivity index (χ3n) is 2.80. The van der Waals surface area contributed by atoms with Crippen LogP contribution in [0.4, 0.5) is 0 Å². The maximum absolute atomic E-state index is 11.1. The summed E-state index contributed by atoms with van der Waals surface area (Å²) in [6, 6.07) is 7.03. The Labute approximate surface area is 111 Å². The Morgan fingerprint density at radius 3 is 2.42 bits per heavy atom. The molecule has 0 unspecified atom stereocenters. The molecule has 98 valence electrons. The second kappa shape index (κ2) is 5.10. The zero-order valence-electron chi connectivity index (χ0n) is 11.1. The summed E-state index contributed by atoms with van der Waals surface area (Å²) < 4.78 is 5.70. The van der Waals surface area contributed by atoms with Gasteiger partial charge in [0, 0.05) is 6.20 Å². The Hall–Kier alpha value is -2.36. The van der Waals surface area contributed by atoms with Gasteiger partial charge in [-0.2, -0.15) is 0 Å². The lowest BCUT2D eigenvalue weighted by atomic mass is 10.1. The van der Waals surface area contributed by atoms with Crippen molar-refractivity contribution in [2.24, 2.45) is 0 Å². The Balaban J connectivity index is 2.45. The van der Waals surface area contributed by atoms with Gasteiger partial charge in [0.1, 0.15) is 11.3 Å². The number of ether oxygens (including phenoxy) is 1. The molecule has 0 spiro atoms. The lowest BCUT2D eigenvalue weighted by molar-refractivity contribution is 0.0693. The van der Waals surface area contributed by atoms with E-state index in [-0.39, 0.29) is 11.4 Å². The summed E-state index contributed by atoms with van der Waals surface area (Å²) in [4.78, 5) is 15.1. The number of hydrogen-bond acceptors (Lipinski definition) is 3. The van der Waals surface area contributed by atoms with Crippen LogP contribution < -0.4 is 4.74 Å². The Kier molecular flexibility index (Phi) is 3.51. The van der Waals surface area contributed by atoms with Crippen molar-refractivity contribution >= 4 is 5.97 Å². The van der Waals surface area contributed by atoms with E-state index in [2.05, 4.69) is 4.98 Å². The Bertz CT molecular complexity index is 612. The van der Waals surface area contributed by atoms with Gasteiger partial charge in [-0.3, -0.25) is 0 Å². The second-order valence-electron chi connectivity index (χ2n) is 4.49. The van der Waals surface area contributed by atoms with Gasteiger partial charge in [-0.05, 0) is 44.0 Å². The molecule has 2 aromatic rings. The zero-order chi connectivity index (χ0) is 14.0. The fraction of sp³-hybridized carbons (Fsp3) is 0.200. The van der Waals surface area contributed by atoms with Gasteiger partial charge in [-0.25, -0.2) is 9.78 Å². The van der Waals surface area contributed by atoms with E-state index in [9.17, 15) is 4.79 Å². The number of aromatic carboxylic acids is 1. The number of aryl methyl sites for hydroxylation is 3. The first-order chi connectivity index (χ1) is 8.99. The van der Waals surface area contributed by atoms with Crippen LogP contribution >= 0.6 is 0 Å². The zero-order valence-corrected chi connectivity index (χ0v) is 11.1. The molecule has 0 saturated carbocycles. The predicted molar refractivity (Wildman–Crippen MR) is 71.9 cm³/mol. The summed E-state index contributed by atoms with van der Waals surface area (Å²) >= 11 is 0. The first kappa shape index (κ1) is 13.1. The van der Waals surface area contributed by atoms with Crippen molar-refractivity contribution in [3.63, 3.8) is 0 Å². The van der Waals surface area contributed by atoms with Gasteiger partial charge < -0.3 is 9.84 Å². The van der Waals surface area contributed by atoms with Crippen LogP contribution in [-0.2, 0) is 0 Å². The number of carboxylic acids is 1. The van der Waals surface area contributed by atoms with E-state index in [0.29, 0.717) is 5.75 Å². The van der Waals surface area contributed by atoms with Gasteiger partial charge in [0.15, 0.2) is 0 Å². The molecule has 1 aromatic carbocycles. The molecule has 1 heterocycles. The lowest BCUT2D eigenvalue weighted by Gasteiger charge is -2.13. The van der Waals surface area contributed by atoms with Crippen molar-refractivity contribution in [3.05, 3.63) is 52.7 Å². The lowest BCUT2D eigenvalue weighted by Crippen LogP contribution is -2.03. The number of benzene rings is 1. The minimum Gasteiger partial charge on any atom is -0.477 e. The van der Waals surface area contributed by atoms with Gasteiger partial charge in [0.2, 0.25) is 5.88 Å². The highest BCUT2D eigenvalue weighted by Crippen LogP contribution is 2.30. The van der Waals surface area contributed by atoms with Gasteiger partial charge >= 0.3 is 5.97 Å². The molecule has 0 bridgehead atoms. The fourth-order valence-corrected chi connectivity index (χ4v) is 2.06. The summed E-state index contributed by atoms with van der Waals surface area (Å²) in [5.41, 5.74) is 3.11. The minimum absolute atomic E-state index is 0.0573. The standard InChI is InChI=1S/C15H15NO3/c1-9-7-10(2)13(11(3)8-9)19-14-12(15(17)18)5-4-6-16-14/h4-8H,1-3H3,(H,17,18). The molecule has 4 nitrogen and oxygen atoms in total. The van der Waals surface area contributed by atoms with Crippen molar-refractivity contribution in [2.75, 3.05) is 0 Å². The molecule has 0 aliphatic carbocycles. The molecule has 0 fully saturated rings. The summed E-state index contributed by atoms with van der Waals surface area (Å²) in [6.07, 6.45) is 1.51. The molecule has 0 aliphatic heterocycles. The van der Waals surface area contributed by atoms with E-state index < -0.39 is 5.97 Å². The number of hydrogen-bond donors (Lipinski definition) is 1. The van der Waals surface area contributed by atoms with Crippen molar-refractivity contribution in [1.82, 2.24) is 4.98 Å². The van der Waals surface area contributed by atoms with Crippen LogP contribution in [0.15, 0.2) is 30.5 Å². The molecule has 0 saturated heterocycles. The predicted octanol–water partition coefficient (Wildman–Crippen LogP) is 3.50. The van der Waals surface area contributed by atoms with Crippen molar-refractivity contribution in [2.45, 2.75) is 20.8 Å². The van der Waals surface area contributed by atoms with E-state index in [1.54, 1.807) is 6.07 Å². The second-order valence-corrected chi connectivity index (χ2v) is 4.49. The molecule has 4 heteroatoms. The third kappa shape index (κ3) is 2.73. The van der Waals surface area contributed by atoms with Gasteiger partial charge in [0.25, 0.3) is 0 Å². The highest BCUT2D eigenvalue weighted by Gasteiger charge is 2.15. The van der Waals surface area contributed by atoms with Crippen LogP contribution in [-0.4, -0.2) is 16.1 Å². The number of carboxylic acid groups (broad SMARTS) is 1. The summed E-state index contributed by atoms with van der Waals surface area (Å²) in [7, 11) is 0. The van der Waals surface area contributed by atoms with Crippen LogP contribution in [0.5, 0.6) is 11.6 Å². The molecule has 2 rings (SSSR count). The molecule has 0 radical (unpaired) electrons. The molecule has 1 aromatic heterocycles. The maximum atomic E-state index is 11.1. The van der Waals surface area contributed by atoms with E-state index in [1.807, 2.05) is 32.9 Å². The molecular weight excluding hydrogens is 242 g/mol. The van der Waals surface area contributed by atoms with Crippen molar-refractivity contribution in [1.29, 1.82) is 0 Å². The number of nitrogens with zero attached hydrogens (tertiary/aromatic N) is 1. The molecule has 19 heavy (non-hydrogen) atoms. The van der Waals surface area contributed by atoms with E-state index >= 15 is 0 Å². The summed E-state index contributed by atoms with van der Waals surface area (Å²) in [5, 5.41) is 9.11. The van der Waals surface area contributed by atoms with Gasteiger partial charge in [0.05, 0.1) is 0 Å². The van der Waals surface area contributed by atoms with E-state index in [4.69, 9.17) is 9.84 Å². The largest absolute Gasteiger partial charge is 0.477 e. The molecular formula is C15H15NO3. The van der Waals surface area contributed by atoms with Crippen LogP contribution in [0.1, 0.15) is 27.0 Å². The summed E-state index contributed by atoms with van der Waals surface area (Å²) in [6.45, 7) is 5.87. The minimum atomic E-state index is -1.05. The quantitative estimate of drug-likeness (QED) is 0.914. The Morgan fingerprint density at radius 2 is 1.84 bits per heavy atom. The smallest absolute Gasteiger partial charge is 0.341 e. The number of pyridine rings is 1. The third-order valence-corrected chi connectivity index (χ3v) is 2.80. The van der Waals surface area contributed by atoms with E-state index in [1.165, 1.54) is 12.3 Å². The maximum Gasteiger partial charge on any atom is 0.341 e. The number of aromatic nitrogens is 1. The molecule has 0 atom stereocenters. The topological polar surface area (TPSA) is 59.4 Å². The molecule has 1 N–H and O–H groups in total. The summed E-state index contributed by atoms with van der Waals surface area (Å²) in [5.74, 6) is -0.276. The number of rotatable bonds is 3. The van der Waals surface area contributed by atoms with Gasteiger partial charge in [-0.15, -0.1) is 0 Å². The monoisotopic (exact) mass is 257 g/mol. The van der Waals surface area contributed by atoms with Crippen molar-refractivity contribution < 1.29 is 14.6 Å². The van der Waals surface area contributed by atoms with Crippen LogP contribution in [0.2, 0.25) is 0 Å². The Morgan fingerprint density at radius 1 is 1.21 bits per heavy atom. The fourth-order valence-electron chi connectivity index (χ4n) is 2.06. The molecule has 0 amide bonds. The van der Waals surface area contributed by atoms with Crippen LogP contribution in [0.3, 0.4) is 0 Å². The average molecular weight is 257 g/mol. The average Bonchev–Trinajstić information content (AvgIpc) is 2.34. The first-order valence-electron chi connectivity index (χ1n) is 5.93. The van der Waals surface area contributed by atoms with Gasteiger partial charge in [-0.1, -0.05) is 17.7 Å². The molecule has 0 aliphatic rings. The van der Waals surface area contributed by atoms with Crippen molar-refractivity contribution in [3.8, 4) is 11.6 Å².